The van der Waals surface area contributed by atoms with Crippen molar-refractivity contribution in [2.75, 3.05) is 6.61 Å². The Morgan fingerprint density at radius 3 is 2.46 bits per heavy atom. The topological polar surface area (TPSA) is 77.8 Å². The van der Waals surface area contributed by atoms with Crippen molar-refractivity contribution < 1.29 is 20.1 Å². The van der Waals surface area contributed by atoms with Crippen LogP contribution in [0.1, 0.15) is 72.6 Å². The summed E-state index contributed by atoms with van der Waals surface area (Å²) in [7, 11) is 0. The predicted octanol–water partition coefficient (Wildman–Crippen LogP) is 3.76. The Hall–Kier alpha value is -0.870. The van der Waals surface area contributed by atoms with Gasteiger partial charge in [-0.3, -0.25) is 4.79 Å². The second kappa shape index (κ2) is 6.80. The number of hydrogen-bond donors (Lipinski definition) is 3. The summed E-state index contributed by atoms with van der Waals surface area (Å²) in [5, 5.41) is 30.0. The summed E-state index contributed by atoms with van der Waals surface area (Å²) in [5.74, 6) is -0.483. The Morgan fingerprint density at radius 2 is 1.88 bits per heavy atom. The fourth-order valence-electron chi connectivity index (χ4n) is 5.83. The van der Waals surface area contributed by atoms with Crippen molar-refractivity contribution in [2.45, 2.75) is 78.2 Å². The maximum absolute atomic E-state index is 12.0. The van der Waals surface area contributed by atoms with E-state index in [2.05, 4.69) is 6.92 Å². The molecule has 0 amide bonds. The molecule has 0 saturated heterocycles. The first kappa shape index (κ1) is 19.5. The molecule has 0 aromatic heterocycles. The van der Waals surface area contributed by atoms with E-state index >= 15 is 0 Å². The molecular weight excluding hydrogens is 304 g/mol. The predicted molar refractivity (Wildman–Crippen MR) is 94.6 cm³/mol. The second-order valence-corrected chi connectivity index (χ2v) is 8.85. The van der Waals surface area contributed by atoms with Gasteiger partial charge >= 0.3 is 5.97 Å². The van der Waals surface area contributed by atoms with Gasteiger partial charge in [0.2, 0.25) is 0 Å². The Bertz CT molecular complexity index is 510. The van der Waals surface area contributed by atoms with E-state index in [1.165, 1.54) is 0 Å². The van der Waals surface area contributed by atoms with E-state index in [0.717, 1.165) is 44.1 Å². The molecular formula is C20H34O4. The molecule has 2 rings (SSSR count). The average molecular weight is 338 g/mol. The molecule has 4 heteroatoms. The molecule has 138 valence electrons. The first-order chi connectivity index (χ1) is 11.1. The summed E-state index contributed by atoms with van der Waals surface area (Å²) >= 11 is 0. The van der Waals surface area contributed by atoms with Gasteiger partial charge in [0.05, 0.1) is 17.6 Å². The number of rotatable bonds is 5. The largest absolute Gasteiger partial charge is 0.481 e. The van der Waals surface area contributed by atoms with Crippen molar-refractivity contribution in [3.8, 4) is 0 Å². The van der Waals surface area contributed by atoms with E-state index in [-0.39, 0.29) is 23.9 Å². The fraction of sp³-hybridized carbons (Fsp3) is 0.850. The first-order valence-corrected chi connectivity index (χ1v) is 9.30. The van der Waals surface area contributed by atoms with E-state index in [1.807, 2.05) is 26.8 Å². The Kier molecular flexibility index (Phi) is 5.51. The molecule has 24 heavy (non-hydrogen) atoms. The van der Waals surface area contributed by atoms with Crippen LogP contribution in [0.15, 0.2) is 11.6 Å². The Labute approximate surface area is 146 Å². The normalized spacial score (nSPS) is 43.3. The van der Waals surface area contributed by atoms with Crippen molar-refractivity contribution in [3.63, 3.8) is 0 Å². The molecule has 0 bridgehead atoms. The van der Waals surface area contributed by atoms with Crippen molar-refractivity contribution >= 4 is 5.97 Å². The maximum Gasteiger partial charge on any atom is 0.309 e. The third-order valence-corrected chi connectivity index (χ3v) is 7.22. The average Bonchev–Trinajstić information content (AvgIpc) is 2.45. The zero-order valence-electron chi connectivity index (χ0n) is 15.6. The Balaban J connectivity index is 2.32. The van der Waals surface area contributed by atoms with Crippen LogP contribution in [0.25, 0.3) is 0 Å². The lowest BCUT2D eigenvalue weighted by Crippen LogP contribution is -2.59. The lowest BCUT2D eigenvalue weighted by Gasteiger charge is -2.60. The van der Waals surface area contributed by atoms with Crippen LogP contribution in [0, 0.1) is 22.7 Å². The monoisotopic (exact) mass is 338 g/mol. The van der Waals surface area contributed by atoms with E-state index in [9.17, 15) is 15.0 Å². The van der Waals surface area contributed by atoms with Gasteiger partial charge in [0.15, 0.2) is 0 Å². The van der Waals surface area contributed by atoms with Gasteiger partial charge in [-0.1, -0.05) is 25.0 Å². The Morgan fingerprint density at radius 1 is 1.21 bits per heavy atom. The zero-order valence-corrected chi connectivity index (χ0v) is 15.6. The fourth-order valence-corrected chi connectivity index (χ4v) is 5.83. The molecule has 3 N–H and O–H groups in total. The molecule has 0 aromatic carbocycles. The van der Waals surface area contributed by atoms with E-state index in [0.29, 0.717) is 6.42 Å². The minimum atomic E-state index is -0.749. The molecule has 0 heterocycles. The van der Waals surface area contributed by atoms with Gasteiger partial charge in [0.1, 0.15) is 0 Å². The minimum absolute atomic E-state index is 0.0455. The highest BCUT2D eigenvalue weighted by Gasteiger charge is 2.60. The molecule has 0 spiro atoms. The summed E-state index contributed by atoms with van der Waals surface area (Å²) in [5.41, 5.74) is -0.442. The number of carbonyl (C=O) groups is 1. The van der Waals surface area contributed by atoms with Gasteiger partial charge in [-0.15, -0.1) is 0 Å². The molecule has 0 aliphatic heterocycles. The number of carboxylic acid groups (broad SMARTS) is 1. The molecule has 2 aliphatic carbocycles. The summed E-state index contributed by atoms with van der Waals surface area (Å²) in [6, 6.07) is 0. The number of aliphatic carboxylic acids is 1. The van der Waals surface area contributed by atoms with Gasteiger partial charge in [0.25, 0.3) is 0 Å². The SMILES string of the molecule is C/C(=C/CO)CC[C@@H]1[C@@]2(C)CCC[C@](C)(C(=O)O)[C@@H]2CC[C@@]1(C)O. The zero-order chi connectivity index (χ0) is 18.2. The third kappa shape index (κ3) is 3.28. The van der Waals surface area contributed by atoms with E-state index in [1.54, 1.807) is 0 Å². The standard InChI is InChI=1S/C20H34O4/c1-14(9-13-21)6-7-16-18(2)10-5-11-19(3,17(22)23)15(18)8-12-20(16,4)24/h9,15-16,21,24H,5-8,10-13H2,1-4H3,(H,22,23)/b14-9-/t15-,16-,18+,19+,20-/m1/s1. The maximum atomic E-state index is 12.0. The molecule has 2 fully saturated rings. The molecule has 0 radical (unpaired) electrons. The van der Waals surface area contributed by atoms with Crippen molar-refractivity contribution in [1.82, 2.24) is 0 Å². The highest BCUT2D eigenvalue weighted by Crippen LogP contribution is 2.63. The van der Waals surface area contributed by atoms with Gasteiger partial charge in [-0.05, 0) is 76.5 Å². The van der Waals surface area contributed by atoms with Gasteiger partial charge in [-0.2, -0.15) is 0 Å². The van der Waals surface area contributed by atoms with Crippen LogP contribution in [0.2, 0.25) is 0 Å². The number of hydrogen-bond acceptors (Lipinski definition) is 3. The highest BCUT2D eigenvalue weighted by atomic mass is 16.4. The number of aliphatic hydroxyl groups excluding tert-OH is 1. The lowest BCUT2D eigenvalue weighted by molar-refractivity contribution is -0.190. The summed E-state index contributed by atoms with van der Waals surface area (Å²) in [6.45, 7) is 8.10. The third-order valence-electron chi connectivity index (χ3n) is 7.22. The van der Waals surface area contributed by atoms with Gasteiger partial charge < -0.3 is 15.3 Å². The highest BCUT2D eigenvalue weighted by molar-refractivity contribution is 5.75. The van der Waals surface area contributed by atoms with Gasteiger partial charge in [0, 0.05) is 0 Å². The molecule has 0 aromatic rings. The molecule has 4 nitrogen and oxygen atoms in total. The van der Waals surface area contributed by atoms with Crippen LogP contribution in [0.5, 0.6) is 0 Å². The second-order valence-electron chi connectivity index (χ2n) is 8.85. The summed E-state index contributed by atoms with van der Waals surface area (Å²) in [6.07, 6.45) is 7.60. The lowest BCUT2D eigenvalue weighted by atomic mass is 9.44. The molecule has 0 unspecified atom stereocenters. The van der Waals surface area contributed by atoms with Crippen molar-refractivity contribution in [2.24, 2.45) is 22.7 Å². The van der Waals surface area contributed by atoms with E-state index < -0.39 is 17.0 Å². The quantitative estimate of drug-likeness (QED) is 0.667. The number of aliphatic hydroxyl groups is 2. The molecule has 5 atom stereocenters. The van der Waals surface area contributed by atoms with Crippen LogP contribution in [-0.2, 0) is 4.79 Å². The van der Waals surface area contributed by atoms with E-state index in [4.69, 9.17) is 5.11 Å². The van der Waals surface area contributed by atoms with Crippen LogP contribution in [-0.4, -0.2) is 33.5 Å². The smallest absolute Gasteiger partial charge is 0.309 e. The van der Waals surface area contributed by atoms with Gasteiger partial charge in [-0.25, -0.2) is 0 Å². The van der Waals surface area contributed by atoms with Crippen LogP contribution >= 0.6 is 0 Å². The van der Waals surface area contributed by atoms with Crippen LogP contribution in [0.4, 0.5) is 0 Å². The molecule has 2 saturated carbocycles. The number of carboxylic acids is 1. The number of allylic oxidation sites excluding steroid dienone is 1. The first-order valence-electron chi connectivity index (χ1n) is 9.30. The summed E-state index contributed by atoms with van der Waals surface area (Å²) in [4.78, 5) is 12.0. The van der Waals surface area contributed by atoms with Crippen LogP contribution in [0.3, 0.4) is 0 Å². The molecule has 2 aliphatic rings. The van der Waals surface area contributed by atoms with Crippen molar-refractivity contribution in [1.29, 1.82) is 0 Å². The van der Waals surface area contributed by atoms with Crippen molar-refractivity contribution in [3.05, 3.63) is 11.6 Å². The summed E-state index contributed by atoms with van der Waals surface area (Å²) < 4.78 is 0. The van der Waals surface area contributed by atoms with Crippen LogP contribution < -0.4 is 0 Å². The number of fused-ring (bicyclic) bond motifs is 1. The minimum Gasteiger partial charge on any atom is -0.481 e.